The van der Waals surface area contributed by atoms with Gasteiger partial charge >= 0.3 is 0 Å². The molecule has 108 valence electrons. The Morgan fingerprint density at radius 2 is 1.95 bits per heavy atom. The number of nitrogens with zero attached hydrogens (tertiary/aromatic N) is 2. The van der Waals surface area contributed by atoms with Gasteiger partial charge in [0.1, 0.15) is 0 Å². The Labute approximate surface area is 125 Å². The normalized spacial score (nSPS) is 23.8. The molecule has 1 aromatic heterocycles. The Morgan fingerprint density at radius 3 is 2.53 bits per heavy atom. The molecule has 1 N–H and O–H groups in total. The zero-order valence-corrected chi connectivity index (χ0v) is 14.0. The van der Waals surface area contributed by atoms with Crippen molar-refractivity contribution in [2.75, 3.05) is 0 Å². The molecule has 1 fully saturated rings. The third-order valence-corrected chi connectivity index (χ3v) is 5.18. The maximum absolute atomic E-state index is 4.65. The van der Waals surface area contributed by atoms with Crippen LogP contribution in [0.1, 0.15) is 57.8 Å². The van der Waals surface area contributed by atoms with Gasteiger partial charge in [0.25, 0.3) is 0 Å². The first-order valence-electron chi connectivity index (χ1n) is 7.63. The smallest absolute Gasteiger partial charge is 0.0767 e. The van der Waals surface area contributed by atoms with Crippen LogP contribution in [0.2, 0.25) is 0 Å². The van der Waals surface area contributed by atoms with Gasteiger partial charge in [-0.15, -0.1) is 0 Å². The highest BCUT2D eigenvalue weighted by molar-refractivity contribution is 9.10. The summed E-state index contributed by atoms with van der Waals surface area (Å²) in [7, 11) is 0. The Balaban J connectivity index is 1.97. The van der Waals surface area contributed by atoms with Crippen LogP contribution in [0.25, 0.3) is 0 Å². The summed E-state index contributed by atoms with van der Waals surface area (Å²) >= 11 is 3.71. The van der Waals surface area contributed by atoms with Crippen LogP contribution in [0.4, 0.5) is 0 Å². The molecular weight excluding hydrogens is 302 g/mol. The highest BCUT2D eigenvalue weighted by Gasteiger charge is 2.19. The number of hydrogen-bond acceptors (Lipinski definition) is 2. The third-order valence-electron chi connectivity index (χ3n) is 4.27. The first-order valence-corrected chi connectivity index (χ1v) is 8.42. The van der Waals surface area contributed by atoms with Gasteiger partial charge in [-0.05, 0) is 60.9 Å². The predicted octanol–water partition coefficient (Wildman–Crippen LogP) is 3.90. The topological polar surface area (TPSA) is 29.9 Å². The first-order chi connectivity index (χ1) is 9.15. The van der Waals surface area contributed by atoms with Crippen LogP contribution in [-0.2, 0) is 19.5 Å². The molecule has 0 radical (unpaired) electrons. The zero-order valence-electron chi connectivity index (χ0n) is 12.4. The second-order valence-electron chi connectivity index (χ2n) is 5.71. The van der Waals surface area contributed by atoms with Crippen LogP contribution in [0, 0.1) is 5.92 Å². The molecule has 0 aliphatic heterocycles. The Hall–Kier alpha value is -0.350. The molecule has 1 heterocycles. The summed E-state index contributed by atoms with van der Waals surface area (Å²) in [5, 5.41) is 8.37. The lowest BCUT2D eigenvalue weighted by atomic mass is 9.87. The molecule has 1 saturated carbocycles. The molecule has 3 nitrogen and oxygen atoms in total. The molecule has 1 aliphatic rings. The van der Waals surface area contributed by atoms with Crippen molar-refractivity contribution in [1.82, 2.24) is 15.1 Å². The van der Waals surface area contributed by atoms with E-state index in [0.717, 1.165) is 25.4 Å². The number of rotatable bonds is 5. The molecule has 2 rings (SSSR count). The van der Waals surface area contributed by atoms with Crippen LogP contribution >= 0.6 is 15.9 Å². The number of halogens is 1. The number of hydrogen-bond donors (Lipinski definition) is 1. The van der Waals surface area contributed by atoms with Crippen molar-refractivity contribution in [3.63, 3.8) is 0 Å². The van der Waals surface area contributed by atoms with Crippen molar-refractivity contribution in [1.29, 1.82) is 0 Å². The van der Waals surface area contributed by atoms with E-state index in [9.17, 15) is 0 Å². The fourth-order valence-corrected chi connectivity index (χ4v) is 3.60. The van der Waals surface area contributed by atoms with Gasteiger partial charge in [0.2, 0.25) is 0 Å². The van der Waals surface area contributed by atoms with E-state index in [4.69, 9.17) is 0 Å². The molecule has 1 aliphatic carbocycles. The van der Waals surface area contributed by atoms with E-state index in [0.29, 0.717) is 6.04 Å². The van der Waals surface area contributed by atoms with E-state index < -0.39 is 0 Å². The van der Waals surface area contributed by atoms with E-state index in [1.165, 1.54) is 41.5 Å². The highest BCUT2D eigenvalue weighted by Crippen LogP contribution is 2.25. The summed E-state index contributed by atoms with van der Waals surface area (Å²) in [5.41, 5.74) is 2.48. The van der Waals surface area contributed by atoms with E-state index in [2.05, 4.69) is 51.8 Å². The molecular formula is C15H26BrN3. The monoisotopic (exact) mass is 327 g/mol. The van der Waals surface area contributed by atoms with Gasteiger partial charge in [0.15, 0.2) is 0 Å². The van der Waals surface area contributed by atoms with Crippen LogP contribution in [0.3, 0.4) is 0 Å². The fraction of sp³-hybridized carbons (Fsp3) is 0.800. The van der Waals surface area contributed by atoms with Crippen molar-refractivity contribution in [3.05, 3.63) is 15.9 Å². The molecule has 4 heteroatoms. The minimum absolute atomic E-state index is 0.688. The lowest BCUT2D eigenvalue weighted by molar-refractivity contribution is 0.304. The SMILES string of the molecule is CCc1nn(CC)c(CNC2CCC(C)CC2)c1Br. The lowest BCUT2D eigenvalue weighted by Gasteiger charge is -2.27. The quantitative estimate of drug-likeness (QED) is 0.888. The lowest BCUT2D eigenvalue weighted by Crippen LogP contribution is -2.33. The van der Waals surface area contributed by atoms with Crippen LogP contribution in [0.5, 0.6) is 0 Å². The Bertz CT molecular complexity index is 406. The van der Waals surface area contributed by atoms with E-state index >= 15 is 0 Å². The zero-order chi connectivity index (χ0) is 13.8. The standard InChI is InChI=1S/C15H26BrN3/c1-4-13-15(16)14(19(5-2)18-13)10-17-12-8-6-11(3)7-9-12/h11-12,17H,4-10H2,1-3H3. The van der Waals surface area contributed by atoms with Crippen LogP contribution < -0.4 is 5.32 Å². The Morgan fingerprint density at radius 1 is 1.26 bits per heavy atom. The van der Waals surface area contributed by atoms with Crippen molar-refractivity contribution < 1.29 is 0 Å². The van der Waals surface area contributed by atoms with Crippen molar-refractivity contribution >= 4 is 15.9 Å². The van der Waals surface area contributed by atoms with E-state index in [1.807, 2.05) is 0 Å². The first kappa shape index (κ1) is 15.0. The van der Waals surface area contributed by atoms with Gasteiger partial charge in [-0.25, -0.2) is 0 Å². The van der Waals surface area contributed by atoms with Gasteiger partial charge in [0.05, 0.1) is 15.9 Å². The fourth-order valence-electron chi connectivity index (χ4n) is 2.89. The summed E-state index contributed by atoms with van der Waals surface area (Å²) in [5.74, 6) is 0.914. The summed E-state index contributed by atoms with van der Waals surface area (Å²) < 4.78 is 3.33. The van der Waals surface area contributed by atoms with E-state index in [-0.39, 0.29) is 0 Å². The minimum atomic E-state index is 0.688. The van der Waals surface area contributed by atoms with Gasteiger partial charge in [-0.2, -0.15) is 5.10 Å². The molecule has 0 saturated heterocycles. The van der Waals surface area contributed by atoms with Crippen LogP contribution in [-0.4, -0.2) is 15.8 Å². The van der Waals surface area contributed by atoms with Gasteiger partial charge in [-0.1, -0.05) is 13.8 Å². The van der Waals surface area contributed by atoms with Gasteiger partial charge in [-0.3, -0.25) is 4.68 Å². The van der Waals surface area contributed by atoms with Crippen molar-refractivity contribution in [2.24, 2.45) is 5.92 Å². The second kappa shape index (κ2) is 6.89. The molecule has 1 aromatic rings. The summed E-state index contributed by atoms with van der Waals surface area (Å²) in [6.45, 7) is 8.56. The highest BCUT2D eigenvalue weighted by atomic mass is 79.9. The number of aromatic nitrogens is 2. The summed E-state index contributed by atoms with van der Waals surface area (Å²) in [6, 6.07) is 0.688. The van der Waals surface area contributed by atoms with Gasteiger partial charge < -0.3 is 5.32 Å². The molecule has 19 heavy (non-hydrogen) atoms. The largest absolute Gasteiger partial charge is 0.308 e. The van der Waals surface area contributed by atoms with Crippen LogP contribution in [0.15, 0.2) is 4.47 Å². The maximum atomic E-state index is 4.65. The predicted molar refractivity (Wildman–Crippen MR) is 83.2 cm³/mol. The molecule has 0 spiro atoms. The maximum Gasteiger partial charge on any atom is 0.0767 e. The summed E-state index contributed by atoms with van der Waals surface area (Å²) in [6.07, 6.45) is 6.36. The van der Waals surface area contributed by atoms with Crippen molar-refractivity contribution in [2.45, 2.75) is 72.0 Å². The molecule has 0 bridgehead atoms. The third kappa shape index (κ3) is 3.60. The molecule has 0 amide bonds. The average Bonchev–Trinajstić information content (AvgIpc) is 2.74. The van der Waals surface area contributed by atoms with Gasteiger partial charge in [0, 0.05) is 19.1 Å². The number of nitrogens with one attached hydrogen (secondary N) is 1. The number of aryl methyl sites for hydroxylation is 2. The average molecular weight is 328 g/mol. The van der Waals surface area contributed by atoms with Crippen molar-refractivity contribution in [3.8, 4) is 0 Å². The minimum Gasteiger partial charge on any atom is -0.308 e. The molecule has 0 unspecified atom stereocenters. The molecule has 0 atom stereocenters. The summed E-state index contributed by atoms with van der Waals surface area (Å²) in [4.78, 5) is 0. The molecule has 0 aromatic carbocycles. The Kier molecular flexibility index (Phi) is 5.46. The second-order valence-corrected chi connectivity index (χ2v) is 6.51. The van der Waals surface area contributed by atoms with E-state index in [1.54, 1.807) is 0 Å².